The number of hydrazine groups is 1. The Hall–Kier alpha value is -0.320. The van der Waals surface area contributed by atoms with E-state index in [9.17, 15) is 0 Å². The Kier molecular flexibility index (Phi) is 3.90. The molecule has 1 aromatic rings. The summed E-state index contributed by atoms with van der Waals surface area (Å²) < 4.78 is 0. The van der Waals surface area contributed by atoms with Gasteiger partial charge in [0.05, 0.1) is 16.2 Å². The van der Waals surface area contributed by atoms with Crippen LogP contribution in [0.5, 0.6) is 0 Å². The number of rotatable bonds is 1. The second-order valence-corrected chi connectivity index (χ2v) is 6.67. The van der Waals surface area contributed by atoms with Crippen LogP contribution in [0.3, 0.4) is 0 Å². The summed E-state index contributed by atoms with van der Waals surface area (Å²) in [6.45, 7) is 6.57. The average molecular weight is 288 g/mol. The first-order valence-corrected chi connectivity index (χ1v) is 6.78. The zero-order chi connectivity index (χ0) is 13.5. The van der Waals surface area contributed by atoms with Gasteiger partial charge in [0.25, 0.3) is 0 Å². The van der Waals surface area contributed by atoms with E-state index in [-0.39, 0.29) is 23.5 Å². The summed E-state index contributed by atoms with van der Waals surface area (Å²) in [5.41, 5.74) is 13.7. The Morgan fingerprint density at radius 1 is 1.11 bits per heavy atom. The van der Waals surface area contributed by atoms with Crippen LogP contribution in [0.4, 0.5) is 0 Å². The van der Waals surface area contributed by atoms with Gasteiger partial charge in [0.1, 0.15) is 0 Å². The van der Waals surface area contributed by atoms with Crippen LogP contribution >= 0.6 is 23.2 Å². The fraction of sp³-hybridized carbons (Fsp3) is 0.538. The molecule has 0 saturated carbocycles. The zero-order valence-corrected chi connectivity index (χ0v) is 12.3. The SMILES string of the molecule is CC(C)(C)C1NNC(N)C1c1ccc(Cl)c(Cl)c1. The molecule has 1 saturated heterocycles. The van der Waals surface area contributed by atoms with Crippen molar-refractivity contribution >= 4 is 23.2 Å². The summed E-state index contributed by atoms with van der Waals surface area (Å²) in [5.74, 6) is 0.166. The molecule has 0 amide bonds. The van der Waals surface area contributed by atoms with E-state index in [1.165, 1.54) is 0 Å². The molecule has 3 unspecified atom stereocenters. The Labute approximate surface area is 118 Å². The third-order valence-electron chi connectivity index (χ3n) is 3.41. The van der Waals surface area contributed by atoms with Gasteiger partial charge in [-0.05, 0) is 23.1 Å². The minimum atomic E-state index is -0.133. The molecule has 5 heteroatoms. The van der Waals surface area contributed by atoms with Crippen molar-refractivity contribution in [3.05, 3.63) is 33.8 Å². The summed E-state index contributed by atoms with van der Waals surface area (Å²) in [7, 11) is 0. The van der Waals surface area contributed by atoms with Crippen molar-refractivity contribution in [2.75, 3.05) is 0 Å². The quantitative estimate of drug-likeness (QED) is 0.744. The lowest BCUT2D eigenvalue weighted by Gasteiger charge is -2.32. The summed E-state index contributed by atoms with van der Waals surface area (Å²) in [5, 5.41) is 1.14. The predicted octanol–water partition coefficient (Wildman–Crippen LogP) is 2.88. The van der Waals surface area contributed by atoms with E-state index in [1.807, 2.05) is 18.2 Å². The summed E-state index contributed by atoms with van der Waals surface area (Å²) in [4.78, 5) is 0. The van der Waals surface area contributed by atoms with Gasteiger partial charge >= 0.3 is 0 Å². The van der Waals surface area contributed by atoms with Crippen molar-refractivity contribution in [2.45, 2.75) is 38.9 Å². The van der Waals surface area contributed by atoms with E-state index >= 15 is 0 Å². The molecule has 1 aliphatic rings. The van der Waals surface area contributed by atoms with Gasteiger partial charge in [0.15, 0.2) is 0 Å². The Balaban J connectivity index is 2.37. The van der Waals surface area contributed by atoms with E-state index < -0.39 is 0 Å². The highest BCUT2D eigenvalue weighted by atomic mass is 35.5. The number of halogens is 2. The molecular weight excluding hydrogens is 269 g/mol. The van der Waals surface area contributed by atoms with Gasteiger partial charge in [-0.3, -0.25) is 5.43 Å². The van der Waals surface area contributed by atoms with Crippen LogP contribution in [0.2, 0.25) is 10.0 Å². The third kappa shape index (κ3) is 2.65. The molecule has 1 aromatic carbocycles. The van der Waals surface area contributed by atoms with Crippen molar-refractivity contribution in [2.24, 2.45) is 11.1 Å². The van der Waals surface area contributed by atoms with Crippen LogP contribution in [0.1, 0.15) is 32.3 Å². The van der Waals surface area contributed by atoms with Crippen LogP contribution in [0.25, 0.3) is 0 Å². The Morgan fingerprint density at radius 2 is 1.78 bits per heavy atom. The van der Waals surface area contributed by atoms with E-state index in [4.69, 9.17) is 28.9 Å². The zero-order valence-electron chi connectivity index (χ0n) is 10.8. The number of nitrogens with two attached hydrogens (primary N) is 1. The highest BCUT2D eigenvalue weighted by Gasteiger charge is 2.41. The normalized spacial score (nSPS) is 28.7. The van der Waals surface area contributed by atoms with Gasteiger partial charge in [-0.15, -0.1) is 0 Å². The number of nitrogens with one attached hydrogen (secondary N) is 2. The molecule has 0 bridgehead atoms. The van der Waals surface area contributed by atoms with Crippen molar-refractivity contribution in [3.8, 4) is 0 Å². The second-order valence-electron chi connectivity index (χ2n) is 5.86. The van der Waals surface area contributed by atoms with Gasteiger partial charge in [-0.2, -0.15) is 0 Å². The summed E-state index contributed by atoms with van der Waals surface area (Å²) in [6, 6.07) is 5.96. The monoisotopic (exact) mass is 287 g/mol. The Bertz CT molecular complexity index is 442. The van der Waals surface area contributed by atoms with Crippen LogP contribution in [0, 0.1) is 5.41 Å². The molecular formula is C13H19Cl2N3. The van der Waals surface area contributed by atoms with Gasteiger partial charge < -0.3 is 5.73 Å². The van der Waals surface area contributed by atoms with Crippen LogP contribution in [-0.4, -0.2) is 12.2 Å². The summed E-state index contributed by atoms with van der Waals surface area (Å²) >= 11 is 12.0. The molecule has 18 heavy (non-hydrogen) atoms. The average Bonchev–Trinajstić information content (AvgIpc) is 2.64. The largest absolute Gasteiger partial charge is 0.314 e. The van der Waals surface area contributed by atoms with Crippen molar-refractivity contribution in [1.82, 2.24) is 10.9 Å². The molecule has 1 fully saturated rings. The molecule has 0 aromatic heterocycles. The second kappa shape index (κ2) is 4.99. The maximum atomic E-state index is 6.14. The third-order valence-corrected chi connectivity index (χ3v) is 4.15. The standard InChI is InChI=1S/C13H19Cl2N3/c1-13(2,3)11-10(12(16)18-17-11)7-4-5-8(14)9(15)6-7/h4-6,10-12,17-18H,16H2,1-3H3. The van der Waals surface area contributed by atoms with Crippen LogP contribution in [-0.2, 0) is 0 Å². The lowest BCUT2D eigenvalue weighted by atomic mass is 9.76. The lowest BCUT2D eigenvalue weighted by Crippen LogP contribution is -2.41. The number of benzene rings is 1. The van der Waals surface area contributed by atoms with Gasteiger partial charge in [-0.1, -0.05) is 50.0 Å². The van der Waals surface area contributed by atoms with E-state index in [1.54, 1.807) is 0 Å². The lowest BCUT2D eigenvalue weighted by molar-refractivity contribution is 0.266. The predicted molar refractivity (Wildman–Crippen MR) is 76.7 cm³/mol. The number of hydrogen-bond donors (Lipinski definition) is 3. The van der Waals surface area contributed by atoms with Crippen molar-refractivity contribution < 1.29 is 0 Å². The van der Waals surface area contributed by atoms with Crippen molar-refractivity contribution in [3.63, 3.8) is 0 Å². The van der Waals surface area contributed by atoms with E-state index in [0.717, 1.165) is 5.56 Å². The minimum Gasteiger partial charge on any atom is -0.314 e. The first kappa shape index (κ1) is 14.1. The molecule has 2 rings (SSSR count). The van der Waals surface area contributed by atoms with E-state index in [0.29, 0.717) is 10.0 Å². The molecule has 3 nitrogen and oxygen atoms in total. The Morgan fingerprint density at radius 3 is 2.33 bits per heavy atom. The molecule has 0 radical (unpaired) electrons. The molecule has 4 N–H and O–H groups in total. The molecule has 100 valence electrons. The number of hydrogen-bond acceptors (Lipinski definition) is 3. The van der Waals surface area contributed by atoms with Crippen LogP contribution in [0.15, 0.2) is 18.2 Å². The topological polar surface area (TPSA) is 50.1 Å². The first-order valence-electron chi connectivity index (χ1n) is 6.02. The summed E-state index contributed by atoms with van der Waals surface area (Å²) in [6.07, 6.45) is -0.133. The molecule has 1 heterocycles. The van der Waals surface area contributed by atoms with E-state index in [2.05, 4.69) is 31.6 Å². The fourth-order valence-corrected chi connectivity index (χ4v) is 2.75. The highest BCUT2D eigenvalue weighted by molar-refractivity contribution is 6.42. The first-order chi connectivity index (χ1) is 8.30. The minimum absolute atomic E-state index is 0.0951. The molecule has 1 aliphatic heterocycles. The molecule has 0 aliphatic carbocycles. The maximum absolute atomic E-state index is 6.14. The molecule has 0 spiro atoms. The van der Waals surface area contributed by atoms with Crippen LogP contribution < -0.4 is 16.6 Å². The van der Waals surface area contributed by atoms with Crippen molar-refractivity contribution in [1.29, 1.82) is 0 Å². The highest BCUT2D eigenvalue weighted by Crippen LogP contribution is 2.37. The van der Waals surface area contributed by atoms with Gasteiger partial charge in [0, 0.05) is 12.0 Å². The fourth-order valence-electron chi connectivity index (χ4n) is 2.45. The maximum Gasteiger partial charge on any atom is 0.0764 e. The molecule has 3 atom stereocenters. The van der Waals surface area contributed by atoms with Gasteiger partial charge in [0.2, 0.25) is 0 Å². The van der Waals surface area contributed by atoms with Gasteiger partial charge in [-0.25, -0.2) is 5.43 Å². The smallest absolute Gasteiger partial charge is 0.0764 e.